The minimum Gasteiger partial charge on any atom is -0.297 e. The number of benzene rings is 1. The highest BCUT2D eigenvalue weighted by Gasteiger charge is 2.20. The Labute approximate surface area is 113 Å². The van der Waals surface area contributed by atoms with Gasteiger partial charge in [0.1, 0.15) is 0 Å². The van der Waals surface area contributed by atoms with E-state index in [2.05, 4.69) is 13.8 Å². The smallest absolute Gasteiger partial charge is 0.179 e. The molecule has 4 heteroatoms. The molecular formula is C15H21F2NO. The largest absolute Gasteiger partial charge is 0.297 e. The van der Waals surface area contributed by atoms with Crippen LogP contribution in [0.25, 0.3) is 0 Å². The van der Waals surface area contributed by atoms with Crippen LogP contribution in [0, 0.1) is 17.6 Å². The molecule has 1 rings (SSSR count). The summed E-state index contributed by atoms with van der Waals surface area (Å²) in [5.41, 5.74) is 0.211. The number of carbonyl (C=O) groups is 1. The average Bonchev–Trinajstić information content (AvgIpc) is 2.37. The molecule has 0 spiro atoms. The molecule has 0 saturated carbocycles. The van der Waals surface area contributed by atoms with Gasteiger partial charge in [0, 0.05) is 5.56 Å². The molecule has 106 valence electrons. The van der Waals surface area contributed by atoms with Crippen molar-refractivity contribution in [3.63, 3.8) is 0 Å². The first kappa shape index (κ1) is 15.8. The molecule has 1 unspecified atom stereocenters. The fourth-order valence-electron chi connectivity index (χ4n) is 1.75. The SMILES string of the molecule is CC(C)CCN(C)C(C)C(=O)c1ccc(F)c(F)c1. The molecule has 0 amide bonds. The zero-order valence-electron chi connectivity index (χ0n) is 11.9. The van der Waals surface area contributed by atoms with Gasteiger partial charge < -0.3 is 0 Å². The van der Waals surface area contributed by atoms with E-state index in [1.807, 2.05) is 11.9 Å². The van der Waals surface area contributed by atoms with Gasteiger partial charge in [0.05, 0.1) is 6.04 Å². The maximum Gasteiger partial charge on any atom is 0.179 e. The van der Waals surface area contributed by atoms with Gasteiger partial charge in [0.2, 0.25) is 0 Å². The van der Waals surface area contributed by atoms with Crippen LogP contribution in [0.4, 0.5) is 8.78 Å². The quantitative estimate of drug-likeness (QED) is 0.736. The van der Waals surface area contributed by atoms with Crippen LogP contribution in [0.2, 0.25) is 0 Å². The first-order chi connectivity index (χ1) is 8.82. The summed E-state index contributed by atoms with van der Waals surface area (Å²) in [6, 6.07) is 2.94. The first-order valence-electron chi connectivity index (χ1n) is 6.52. The summed E-state index contributed by atoms with van der Waals surface area (Å²) < 4.78 is 26.0. The molecule has 0 aliphatic carbocycles. The molecule has 1 atom stereocenters. The van der Waals surface area contributed by atoms with E-state index in [0.29, 0.717) is 5.92 Å². The summed E-state index contributed by atoms with van der Waals surface area (Å²) in [7, 11) is 1.87. The molecule has 1 aromatic rings. The van der Waals surface area contributed by atoms with Crippen LogP contribution in [-0.4, -0.2) is 30.3 Å². The van der Waals surface area contributed by atoms with Gasteiger partial charge in [0.15, 0.2) is 17.4 Å². The second-order valence-electron chi connectivity index (χ2n) is 5.33. The Balaban J connectivity index is 2.72. The minimum atomic E-state index is -0.983. The van der Waals surface area contributed by atoms with Crippen molar-refractivity contribution in [1.29, 1.82) is 0 Å². The molecule has 0 aromatic heterocycles. The lowest BCUT2D eigenvalue weighted by Crippen LogP contribution is -2.37. The minimum absolute atomic E-state index is 0.190. The maximum atomic E-state index is 13.1. The number of likely N-dealkylation sites (N-methyl/N-ethyl adjacent to an activating group) is 1. The zero-order valence-corrected chi connectivity index (χ0v) is 11.9. The van der Waals surface area contributed by atoms with E-state index in [0.717, 1.165) is 25.1 Å². The van der Waals surface area contributed by atoms with Gasteiger partial charge in [-0.2, -0.15) is 0 Å². The molecule has 0 aliphatic rings. The summed E-state index contributed by atoms with van der Waals surface area (Å²) in [5, 5.41) is 0. The highest BCUT2D eigenvalue weighted by atomic mass is 19.2. The third-order valence-electron chi connectivity index (χ3n) is 3.30. The van der Waals surface area contributed by atoms with Gasteiger partial charge in [-0.1, -0.05) is 13.8 Å². The van der Waals surface area contributed by atoms with Crippen LogP contribution >= 0.6 is 0 Å². The van der Waals surface area contributed by atoms with Crippen LogP contribution < -0.4 is 0 Å². The normalized spacial score (nSPS) is 13.1. The molecule has 0 heterocycles. The Kier molecular flexibility index (Phi) is 5.60. The number of Topliss-reactive ketones (excluding diaryl/α,β-unsaturated/α-hetero) is 1. The number of ketones is 1. The van der Waals surface area contributed by atoms with Gasteiger partial charge in [-0.15, -0.1) is 0 Å². The van der Waals surface area contributed by atoms with E-state index in [1.165, 1.54) is 6.07 Å². The van der Waals surface area contributed by atoms with Gasteiger partial charge in [-0.05, 0) is 51.1 Å². The Morgan fingerprint density at radius 3 is 2.37 bits per heavy atom. The molecule has 0 N–H and O–H groups in total. The van der Waals surface area contributed by atoms with E-state index in [4.69, 9.17) is 0 Å². The van der Waals surface area contributed by atoms with Crippen molar-refractivity contribution in [3.8, 4) is 0 Å². The van der Waals surface area contributed by atoms with Gasteiger partial charge >= 0.3 is 0 Å². The van der Waals surface area contributed by atoms with Gasteiger partial charge in [-0.25, -0.2) is 8.78 Å². The molecule has 0 bridgehead atoms. The number of halogens is 2. The predicted octanol–water partition coefficient (Wildman–Crippen LogP) is 3.51. The number of hydrogen-bond donors (Lipinski definition) is 0. The van der Waals surface area contributed by atoms with Crippen LogP contribution in [0.15, 0.2) is 18.2 Å². The summed E-state index contributed by atoms with van der Waals surface area (Å²) in [6.07, 6.45) is 0.992. The Bertz CT molecular complexity index is 446. The molecule has 2 nitrogen and oxygen atoms in total. The molecule has 19 heavy (non-hydrogen) atoms. The summed E-state index contributed by atoms with van der Waals surface area (Å²) in [4.78, 5) is 14.1. The second-order valence-corrected chi connectivity index (χ2v) is 5.33. The predicted molar refractivity (Wildman–Crippen MR) is 72.2 cm³/mol. The average molecular weight is 269 g/mol. The van der Waals surface area contributed by atoms with E-state index in [-0.39, 0.29) is 17.4 Å². The summed E-state index contributed by atoms with van der Waals surface area (Å²) in [6.45, 7) is 6.82. The lowest BCUT2D eigenvalue weighted by atomic mass is 10.0. The first-order valence-corrected chi connectivity index (χ1v) is 6.52. The van der Waals surface area contributed by atoms with Crippen molar-refractivity contribution >= 4 is 5.78 Å². The van der Waals surface area contributed by atoms with Crippen LogP contribution in [0.5, 0.6) is 0 Å². The Morgan fingerprint density at radius 1 is 1.21 bits per heavy atom. The van der Waals surface area contributed by atoms with Crippen molar-refractivity contribution in [1.82, 2.24) is 4.90 Å². The highest BCUT2D eigenvalue weighted by Crippen LogP contribution is 2.13. The Hall–Kier alpha value is -1.29. The maximum absolute atomic E-state index is 13.1. The number of carbonyl (C=O) groups excluding carboxylic acids is 1. The molecule has 0 aliphatic heterocycles. The van der Waals surface area contributed by atoms with E-state index >= 15 is 0 Å². The highest BCUT2D eigenvalue weighted by molar-refractivity contribution is 5.99. The molecule has 0 saturated heterocycles. The van der Waals surface area contributed by atoms with E-state index < -0.39 is 11.6 Å². The number of nitrogens with zero attached hydrogens (tertiary/aromatic N) is 1. The standard InChI is InChI=1S/C15H21F2NO/c1-10(2)7-8-18(4)11(3)15(19)12-5-6-13(16)14(17)9-12/h5-6,9-11H,7-8H2,1-4H3. The van der Waals surface area contributed by atoms with Crippen LogP contribution in [0.3, 0.4) is 0 Å². The summed E-state index contributed by atoms with van der Waals surface area (Å²) in [5.74, 6) is -1.54. The lowest BCUT2D eigenvalue weighted by Gasteiger charge is -2.24. The zero-order chi connectivity index (χ0) is 14.6. The third kappa shape index (κ3) is 4.39. The topological polar surface area (TPSA) is 20.3 Å². The van der Waals surface area contributed by atoms with Crippen molar-refractivity contribution in [2.24, 2.45) is 5.92 Å². The third-order valence-corrected chi connectivity index (χ3v) is 3.30. The molecule has 1 aromatic carbocycles. The molecule has 0 radical (unpaired) electrons. The van der Waals surface area contributed by atoms with Gasteiger partial charge in [0.25, 0.3) is 0 Å². The second kappa shape index (κ2) is 6.75. The van der Waals surface area contributed by atoms with E-state index in [1.54, 1.807) is 6.92 Å². The molecular weight excluding hydrogens is 248 g/mol. The monoisotopic (exact) mass is 269 g/mol. The number of hydrogen-bond acceptors (Lipinski definition) is 2. The molecule has 0 fully saturated rings. The van der Waals surface area contributed by atoms with Crippen LogP contribution in [0.1, 0.15) is 37.6 Å². The van der Waals surface area contributed by atoms with Gasteiger partial charge in [-0.3, -0.25) is 9.69 Å². The van der Waals surface area contributed by atoms with Crippen LogP contribution in [-0.2, 0) is 0 Å². The van der Waals surface area contributed by atoms with Crippen molar-refractivity contribution in [3.05, 3.63) is 35.4 Å². The lowest BCUT2D eigenvalue weighted by molar-refractivity contribution is 0.0863. The summed E-state index contributed by atoms with van der Waals surface area (Å²) >= 11 is 0. The van der Waals surface area contributed by atoms with Crippen molar-refractivity contribution in [2.75, 3.05) is 13.6 Å². The van der Waals surface area contributed by atoms with Crippen molar-refractivity contribution < 1.29 is 13.6 Å². The van der Waals surface area contributed by atoms with E-state index in [9.17, 15) is 13.6 Å². The number of rotatable bonds is 6. The van der Waals surface area contributed by atoms with Crippen molar-refractivity contribution in [2.45, 2.75) is 33.2 Å². The Morgan fingerprint density at radius 2 is 1.84 bits per heavy atom. The fourth-order valence-corrected chi connectivity index (χ4v) is 1.75. The fraction of sp³-hybridized carbons (Fsp3) is 0.533.